The molecule has 0 radical (unpaired) electrons. The second-order valence-electron chi connectivity index (χ2n) is 8.62. The average Bonchev–Trinajstić information content (AvgIpc) is 3.08. The van der Waals surface area contributed by atoms with Crippen LogP contribution in [0.15, 0.2) is 74.4 Å². The van der Waals surface area contributed by atoms with Crippen molar-refractivity contribution in [3.05, 3.63) is 91.1 Å². The van der Waals surface area contributed by atoms with Crippen molar-refractivity contribution in [1.82, 2.24) is 0 Å². The Morgan fingerprint density at radius 1 is 0.833 bits per heavy atom. The van der Waals surface area contributed by atoms with E-state index in [1.54, 1.807) is 25.9 Å². The predicted octanol–water partition coefficient (Wildman–Crippen LogP) is 1.14. The maximum absolute atomic E-state index is 2.50. The van der Waals surface area contributed by atoms with Crippen LogP contribution in [0, 0.1) is 12.3 Å². The van der Waals surface area contributed by atoms with Crippen molar-refractivity contribution in [3.8, 4) is 0 Å². The molecule has 4 rings (SSSR count). The third-order valence-corrected chi connectivity index (χ3v) is 12.1. The Kier molecular flexibility index (Phi) is 8.46. The summed E-state index contributed by atoms with van der Waals surface area (Å²) in [6, 6.07) is 18.0. The molecule has 156 valence electrons. The van der Waals surface area contributed by atoms with Crippen LogP contribution in [0.5, 0.6) is 0 Å². The maximum atomic E-state index is 2.50. The fraction of sp³-hybridized carbons (Fsp3) is 0.308. The van der Waals surface area contributed by atoms with E-state index in [0.717, 1.165) is 8.58 Å². The van der Waals surface area contributed by atoms with Crippen LogP contribution < -0.4 is 30.1 Å². The molecule has 0 amide bonds. The molecular weight excluding hydrogens is 462 g/mol. The molecule has 2 unspecified atom stereocenters. The molecule has 2 aromatic carbocycles. The van der Waals surface area contributed by atoms with Crippen molar-refractivity contribution in [1.29, 1.82) is 0 Å². The Labute approximate surface area is 205 Å². The molecule has 0 aromatic heterocycles. The number of fused-ring (bicyclic) bond motifs is 1. The van der Waals surface area contributed by atoms with Crippen LogP contribution in [0.2, 0.25) is 0 Å². The smallest absolute Gasteiger partial charge is 1.00 e. The van der Waals surface area contributed by atoms with E-state index in [-0.39, 0.29) is 49.4 Å². The third kappa shape index (κ3) is 4.46. The van der Waals surface area contributed by atoms with Crippen molar-refractivity contribution in [3.63, 3.8) is 0 Å². The first kappa shape index (κ1) is 25.6. The van der Waals surface area contributed by atoms with E-state index in [1.807, 2.05) is 0 Å². The van der Waals surface area contributed by atoms with Gasteiger partial charge in [0.1, 0.15) is 0 Å². The van der Waals surface area contributed by atoms with Crippen LogP contribution in [0.25, 0.3) is 6.08 Å². The van der Waals surface area contributed by atoms with E-state index in [1.165, 1.54) is 22.0 Å². The van der Waals surface area contributed by atoms with Crippen molar-refractivity contribution >= 4 is 20.0 Å². The quantitative estimate of drug-likeness (QED) is 0.445. The Morgan fingerprint density at radius 2 is 1.47 bits per heavy atom. The van der Waals surface area contributed by atoms with Crippen LogP contribution >= 0.6 is 8.58 Å². The van der Waals surface area contributed by atoms with E-state index in [2.05, 4.69) is 96.1 Å². The predicted molar refractivity (Wildman–Crippen MR) is 121 cm³/mol. The van der Waals surface area contributed by atoms with Crippen LogP contribution in [0.4, 0.5) is 0 Å². The fourth-order valence-electron chi connectivity index (χ4n) is 4.48. The Hall–Kier alpha value is -0.616. The van der Waals surface area contributed by atoms with Gasteiger partial charge in [-0.05, 0) is 0 Å². The molecule has 2 aliphatic carbocycles. The van der Waals surface area contributed by atoms with Gasteiger partial charge in [0, 0.05) is 0 Å². The molecule has 4 heteroatoms. The van der Waals surface area contributed by atoms with Gasteiger partial charge < -0.3 is 24.8 Å². The topological polar surface area (TPSA) is 0 Å². The second-order valence-corrected chi connectivity index (χ2v) is 12.1. The van der Waals surface area contributed by atoms with Crippen LogP contribution in [0.1, 0.15) is 55.5 Å². The minimum absolute atomic E-state index is 0. The normalized spacial score (nSPS) is 19.4. The summed E-state index contributed by atoms with van der Waals surface area (Å²) in [5.41, 5.74) is 9.33. The van der Waals surface area contributed by atoms with Crippen molar-refractivity contribution < 1.29 is 44.0 Å². The molecule has 0 spiro atoms. The number of hydrogen-bond acceptors (Lipinski definition) is 0. The zero-order chi connectivity index (χ0) is 20.1. The molecule has 0 aliphatic heterocycles. The molecule has 2 aromatic rings. The van der Waals surface area contributed by atoms with Crippen LogP contribution in [-0.2, 0) is 19.2 Å². The second kappa shape index (κ2) is 9.89. The summed E-state index contributed by atoms with van der Waals surface area (Å²) in [6.45, 7) is 14.1. The number of aryl methyl sites for hydroxylation is 1. The summed E-state index contributed by atoms with van der Waals surface area (Å²) in [4.78, 5) is 0. The standard InChI is InChI=1S/C16H14P.C10H15.2ClH.Ti/c1-12-6-2-5-9-16(12)17-15-10-13-7-3-4-8-14(13)11-15;1-7-6-10(4,5)9(3)8(7)2;;;/h2-11,17H,1H3;1-5H3;2*1H;/q;;;;+2/p-2. The van der Waals surface area contributed by atoms with Crippen LogP contribution in [-0.4, -0.2) is 0 Å². The molecule has 0 fully saturated rings. The van der Waals surface area contributed by atoms with E-state index in [4.69, 9.17) is 0 Å². The minimum Gasteiger partial charge on any atom is -1.00 e. The zero-order valence-corrected chi connectivity index (χ0v) is 22.6. The first-order valence-corrected chi connectivity index (χ1v) is 12.8. The summed E-state index contributed by atoms with van der Waals surface area (Å²) in [7, 11) is 0.774. The van der Waals surface area contributed by atoms with Crippen molar-refractivity contribution in [2.75, 3.05) is 0 Å². The third-order valence-electron chi connectivity index (χ3n) is 6.70. The summed E-state index contributed by atoms with van der Waals surface area (Å²) >= 11 is -0.299. The fourth-order valence-corrected chi connectivity index (χ4v) is 9.38. The molecule has 0 nitrogen and oxygen atoms in total. The molecular formula is C26H29Cl2PTi. The minimum atomic E-state index is -0.299. The zero-order valence-electron chi connectivity index (χ0n) is 18.5. The monoisotopic (exact) mass is 490 g/mol. The molecule has 0 saturated carbocycles. The number of allylic oxidation sites excluding steroid dienone is 5. The molecule has 0 heterocycles. The Bertz CT molecular complexity index is 1050. The number of hydrogen-bond donors (Lipinski definition) is 0. The maximum Gasteiger partial charge on any atom is -1.00 e. The van der Waals surface area contributed by atoms with Crippen molar-refractivity contribution in [2.45, 2.75) is 45.8 Å². The molecule has 0 saturated heterocycles. The molecule has 30 heavy (non-hydrogen) atoms. The van der Waals surface area contributed by atoms with Crippen LogP contribution in [0.3, 0.4) is 0 Å². The first-order valence-electron chi connectivity index (χ1n) is 10.1. The van der Waals surface area contributed by atoms with Gasteiger partial charge in [0.15, 0.2) is 0 Å². The molecule has 0 bridgehead atoms. The van der Waals surface area contributed by atoms with Gasteiger partial charge in [0.25, 0.3) is 0 Å². The van der Waals surface area contributed by atoms with E-state index >= 15 is 0 Å². The number of benzene rings is 2. The molecule has 0 N–H and O–H groups in total. The SMILES string of the molecule is CC1=C(C)C(C)(C)[C]([Ti+2][CH]2C(Pc3ccccc3C)=Cc3ccccc32)=C1C.[Cl-].[Cl-]. The van der Waals surface area contributed by atoms with Gasteiger partial charge in [-0.1, -0.05) is 0 Å². The molecule has 2 aliphatic rings. The van der Waals surface area contributed by atoms with Crippen molar-refractivity contribution in [2.24, 2.45) is 5.41 Å². The summed E-state index contributed by atoms with van der Waals surface area (Å²) in [5, 5.41) is 3.15. The summed E-state index contributed by atoms with van der Waals surface area (Å²) in [5.74, 6) is 0. The Morgan fingerprint density at radius 3 is 2.10 bits per heavy atom. The summed E-state index contributed by atoms with van der Waals surface area (Å²) < 4.78 is 2.38. The van der Waals surface area contributed by atoms with Gasteiger partial charge in [0.05, 0.1) is 0 Å². The van der Waals surface area contributed by atoms with Gasteiger partial charge in [-0.3, -0.25) is 0 Å². The first-order chi connectivity index (χ1) is 13.3. The van der Waals surface area contributed by atoms with Gasteiger partial charge in [-0.2, -0.15) is 0 Å². The van der Waals surface area contributed by atoms with Gasteiger partial charge in [-0.25, -0.2) is 0 Å². The van der Waals surface area contributed by atoms with E-state index in [9.17, 15) is 0 Å². The van der Waals surface area contributed by atoms with E-state index in [0.29, 0.717) is 4.22 Å². The number of halogens is 2. The van der Waals surface area contributed by atoms with Gasteiger partial charge in [-0.15, -0.1) is 0 Å². The average molecular weight is 491 g/mol. The van der Waals surface area contributed by atoms with Gasteiger partial charge >= 0.3 is 181 Å². The van der Waals surface area contributed by atoms with E-state index < -0.39 is 0 Å². The van der Waals surface area contributed by atoms with Gasteiger partial charge in [0.2, 0.25) is 0 Å². The summed E-state index contributed by atoms with van der Waals surface area (Å²) in [6.07, 6.45) is 2.50. The Balaban J connectivity index is 0.00000160. The number of rotatable bonds is 4. The molecule has 2 atom stereocenters. The largest absolute Gasteiger partial charge is 1.00 e.